The molecule has 1 saturated heterocycles. The van der Waals surface area contributed by atoms with Crippen LogP contribution in [0, 0.1) is 6.92 Å². The Kier molecular flexibility index (Phi) is 3.10. The van der Waals surface area contributed by atoms with E-state index in [1.165, 1.54) is 22.9 Å². The number of aryl methyl sites for hydroxylation is 1. The smallest absolute Gasteiger partial charge is 0.327 e. The monoisotopic (exact) mass is 256 g/mol. The molecule has 0 aromatic carbocycles. The van der Waals surface area contributed by atoms with Gasteiger partial charge >= 0.3 is 5.97 Å². The van der Waals surface area contributed by atoms with Gasteiger partial charge < -0.3 is 14.5 Å². The number of aliphatic carboxylic acids is 1. The van der Waals surface area contributed by atoms with Crippen molar-refractivity contribution in [3.63, 3.8) is 0 Å². The molecule has 1 aliphatic heterocycles. The van der Waals surface area contributed by atoms with E-state index in [9.17, 15) is 9.59 Å². The maximum atomic E-state index is 12.2. The average Bonchev–Trinajstić information content (AvgIpc) is 2.83. The molecule has 1 fully saturated rings. The fourth-order valence-corrected chi connectivity index (χ4v) is 2.92. The van der Waals surface area contributed by atoms with Gasteiger partial charge in [0.25, 0.3) is 5.91 Å². The molecule has 0 saturated carbocycles. The summed E-state index contributed by atoms with van der Waals surface area (Å²) in [6.07, 6.45) is 1.44. The van der Waals surface area contributed by atoms with Crippen LogP contribution in [0.2, 0.25) is 0 Å². The fraction of sp³-hybridized carbons (Fsp3) is 0.500. The third kappa shape index (κ3) is 2.02. The SMILES string of the molecule is Cc1cnoc1C(=O)N1C(C)SCC1C(=O)O. The highest BCUT2D eigenvalue weighted by atomic mass is 32.2. The molecule has 0 radical (unpaired) electrons. The second kappa shape index (κ2) is 4.40. The maximum Gasteiger partial charge on any atom is 0.327 e. The van der Waals surface area contributed by atoms with Crippen molar-refractivity contribution in [2.75, 3.05) is 5.75 Å². The molecule has 1 aliphatic rings. The molecule has 2 rings (SSSR count). The first-order chi connectivity index (χ1) is 8.02. The number of hydrogen-bond acceptors (Lipinski definition) is 5. The average molecular weight is 256 g/mol. The van der Waals surface area contributed by atoms with Gasteiger partial charge in [-0.2, -0.15) is 0 Å². The van der Waals surface area contributed by atoms with Gasteiger partial charge in [-0.3, -0.25) is 4.79 Å². The first kappa shape index (κ1) is 12.0. The molecule has 92 valence electrons. The van der Waals surface area contributed by atoms with E-state index in [1.807, 2.05) is 0 Å². The topological polar surface area (TPSA) is 83.6 Å². The van der Waals surface area contributed by atoms with Gasteiger partial charge in [0.2, 0.25) is 5.76 Å². The Morgan fingerprint density at radius 3 is 2.88 bits per heavy atom. The Bertz CT molecular complexity index is 459. The summed E-state index contributed by atoms with van der Waals surface area (Å²) in [5.74, 6) is -0.891. The summed E-state index contributed by atoms with van der Waals surface area (Å²) >= 11 is 1.44. The predicted octanol–water partition coefficient (Wildman–Crippen LogP) is 0.971. The van der Waals surface area contributed by atoms with E-state index in [1.54, 1.807) is 13.8 Å². The van der Waals surface area contributed by atoms with Gasteiger partial charge in [-0.25, -0.2) is 4.79 Å². The van der Waals surface area contributed by atoms with E-state index < -0.39 is 17.9 Å². The third-order valence-corrected chi connectivity index (χ3v) is 3.90. The summed E-state index contributed by atoms with van der Waals surface area (Å²) in [6, 6.07) is -0.799. The second-order valence-corrected chi connectivity index (χ2v) is 5.19. The second-order valence-electron chi connectivity index (χ2n) is 3.84. The molecule has 1 aromatic heterocycles. The van der Waals surface area contributed by atoms with Crippen molar-refractivity contribution in [1.82, 2.24) is 10.1 Å². The lowest BCUT2D eigenvalue weighted by molar-refractivity contribution is -0.141. The quantitative estimate of drug-likeness (QED) is 0.848. The Hall–Kier alpha value is -1.50. The number of carboxylic acids is 1. The van der Waals surface area contributed by atoms with E-state index in [0.29, 0.717) is 11.3 Å². The fourth-order valence-electron chi connectivity index (χ4n) is 1.76. The molecule has 2 heterocycles. The molecule has 0 bridgehead atoms. The molecular weight excluding hydrogens is 244 g/mol. The zero-order valence-corrected chi connectivity index (χ0v) is 10.2. The lowest BCUT2D eigenvalue weighted by Crippen LogP contribution is -2.44. The number of amides is 1. The lowest BCUT2D eigenvalue weighted by Gasteiger charge is -2.23. The summed E-state index contributed by atoms with van der Waals surface area (Å²) in [4.78, 5) is 24.6. The van der Waals surface area contributed by atoms with Crippen LogP contribution in [-0.4, -0.2) is 44.2 Å². The summed E-state index contributed by atoms with van der Waals surface area (Å²) in [7, 11) is 0. The van der Waals surface area contributed by atoms with Crippen molar-refractivity contribution in [1.29, 1.82) is 0 Å². The Balaban J connectivity index is 2.29. The number of aromatic nitrogens is 1. The van der Waals surface area contributed by atoms with Gasteiger partial charge in [-0.1, -0.05) is 5.16 Å². The van der Waals surface area contributed by atoms with Gasteiger partial charge in [-0.05, 0) is 13.8 Å². The zero-order valence-electron chi connectivity index (χ0n) is 9.41. The molecule has 2 atom stereocenters. The largest absolute Gasteiger partial charge is 0.480 e. The molecule has 1 aromatic rings. The minimum absolute atomic E-state index is 0.116. The number of carbonyl (C=O) groups is 2. The standard InChI is InChI=1S/C10H12N2O4S/c1-5-3-11-16-8(5)9(13)12-6(2)17-4-7(12)10(14)15/h3,6-7H,4H2,1-2H3,(H,14,15). The first-order valence-electron chi connectivity index (χ1n) is 5.10. The first-order valence-corrected chi connectivity index (χ1v) is 6.15. The molecule has 0 spiro atoms. The van der Waals surface area contributed by atoms with Crippen LogP contribution in [0.4, 0.5) is 0 Å². The Labute approximate surface area is 102 Å². The van der Waals surface area contributed by atoms with Crippen molar-refractivity contribution >= 4 is 23.6 Å². The normalized spacial score (nSPS) is 24.0. The van der Waals surface area contributed by atoms with Crippen LogP contribution < -0.4 is 0 Å². The molecule has 0 aliphatic carbocycles. The van der Waals surface area contributed by atoms with Crippen LogP contribution in [0.1, 0.15) is 23.0 Å². The van der Waals surface area contributed by atoms with E-state index >= 15 is 0 Å². The molecule has 2 unspecified atom stereocenters. The zero-order chi connectivity index (χ0) is 12.6. The maximum absolute atomic E-state index is 12.2. The van der Waals surface area contributed by atoms with Gasteiger partial charge in [-0.15, -0.1) is 11.8 Å². The van der Waals surface area contributed by atoms with Crippen LogP contribution in [0.5, 0.6) is 0 Å². The van der Waals surface area contributed by atoms with Crippen LogP contribution in [0.3, 0.4) is 0 Å². The van der Waals surface area contributed by atoms with Crippen molar-refractivity contribution in [3.05, 3.63) is 17.5 Å². The molecule has 7 heteroatoms. The number of nitrogens with zero attached hydrogens (tertiary/aromatic N) is 2. The summed E-state index contributed by atoms with van der Waals surface area (Å²) in [5, 5.41) is 12.4. The van der Waals surface area contributed by atoms with E-state index in [-0.39, 0.29) is 11.1 Å². The van der Waals surface area contributed by atoms with Crippen molar-refractivity contribution in [3.8, 4) is 0 Å². The minimum atomic E-state index is -0.993. The molecule has 17 heavy (non-hydrogen) atoms. The van der Waals surface area contributed by atoms with Crippen molar-refractivity contribution in [2.24, 2.45) is 0 Å². The Morgan fingerprint density at radius 1 is 1.65 bits per heavy atom. The number of thioether (sulfide) groups is 1. The van der Waals surface area contributed by atoms with Gasteiger partial charge in [0, 0.05) is 11.3 Å². The highest BCUT2D eigenvalue weighted by molar-refractivity contribution is 8.00. The van der Waals surface area contributed by atoms with Gasteiger partial charge in [0.05, 0.1) is 11.6 Å². The highest BCUT2D eigenvalue weighted by Crippen LogP contribution is 2.30. The van der Waals surface area contributed by atoms with Crippen LogP contribution in [0.15, 0.2) is 10.7 Å². The molecular formula is C10H12N2O4S. The number of carbonyl (C=O) groups excluding carboxylic acids is 1. The van der Waals surface area contributed by atoms with Crippen molar-refractivity contribution < 1.29 is 19.2 Å². The highest BCUT2D eigenvalue weighted by Gasteiger charge is 2.41. The third-order valence-electron chi connectivity index (χ3n) is 2.69. The predicted molar refractivity (Wildman–Crippen MR) is 60.8 cm³/mol. The van der Waals surface area contributed by atoms with Crippen LogP contribution in [0.25, 0.3) is 0 Å². The van der Waals surface area contributed by atoms with Crippen molar-refractivity contribution in [2.45, 2.75) is 25.3 Å². The summed E-state index contributed by atoms with van der Waals surface area (Å²) < 4.78 is 4.87. The Morgan fingerprint density at radius 2 is 2.35 bits per heavy atom. The van der Waals surface area contributed by atoms with Crippen LogP contribution >= 0.6 is 11.8 Å². The van der Waals surface area contributed by atoms with E-state index in [4.69, 9.17) is 9.63 Å². The molecule has 1 amide bonds. The van der Waals surface area contributed by atoms with Gasteiger partial charge in [0.1, 0.15) is 6.04 Å². The van der Waals surface area contributed by atoms with Gasteiger partial charge in [0.15, 0.2) is 0 Å². The number of carboxylic acid groups (broad SMARTS) is 1. The van der Waals surface area contributed by atoms with E-state index in [0.717, 1.165) is 0 Å². The minimum Gasteiger partial charge on any atom is -0.480 e. The molecule has 6 nitrogen and oxygen atoms in total. The summed E-state index contributed by atoms with van der Waals surface area (Å²) in [5.41, 5.74) is 0.614. The summed E-state index contributed by atoms with van der Waals surface area (Å²) in [6.45, 7) is 3.50. The van der Waals surface area contributed by atoms with Crippen LogP contribution in [-0.2, 0) is 4.79 Å². The number of rotatable bonds is 2. The number of hydrogen-bond donors (Lipinski definition) is 1. The molecule has 1 N–H and O–H groups in total. The lowest BCUT2D eigenvalue weighted by atomic mass is 10.2. The van der Waals surface area contributed by atoms with E-state index in [2.05, 4.69) is 5.16 Å².